The number of piperidine rings is 1. The normalized spacial score (nSPS) is 17.1. The van der Waals surface area contributed by atoms with E-state index in [-0.39, 0.29) is 10.8 Å². The lowest BCUT2D eigenvalue weighted by molar-refractivity contribution is -0.111. The van der Waals surface area contributed by atoms with Gasteiger partial charge in [0.2, 0.25) is 15.9 Å². The van der Waals surface area contributed by atoms with Crippen molar-refractivity contribution < 1.29 is 22.7 Å². The zero-order valence-corrected chi connectivity index (χ0v) is 17.4. The van der Waals surface area contributed by atoms with E-state index in [0.29, 0.717) is 43.5 Å². The minimum Gasteiger partial charge on any atom is -0.486 e. The van der Waals surface area contributed by atoms with Gasteiger partial charge in [0.1, 0.15) is 13.2 Å². The minimum atomic E-state index is -3.48. The Hall–Kier alpha value is -2.84. The van der Waals surface area contributed by atoms with Crippen molar-refractivity contribution in [2.75, 3.05) is 31.6 Å². The van der Waals surface area contributed by atoms with Crippen molar-refractivity contribution in [2.24, 2.45) is 0 Å². The molecular weight excluding hydrogens is 404 g/mol. The molecule has 1 N–H and O–H groups in total. The summed E-state index contributed by atoms with van der Waals surface area (Å²) in [5, 5.41) is 2.74. The van der Waals surface area contributed by atoms with Crippen molar-refractivity contribution in [3.05, 3.63) is 54.1 Å². The topological polar surface area (TPSA) is 84.9 Å². The first kappa shape index (κ1) is 20.4. The fraction of sp³-hybridized carbons (Fsp3) is 0.318. The van der Waals surface area contributed by atoms with Crippen molar-refractivity contribution in [2.45, 2.75) is 24.2 Å². The van der Waals surface area contributed by atoms with Gasteiger partial charge in [-0.1, -0.05) is 12.5 Å². The van der Waals surface area contributed by atoms with E-state index in [4.69, 9.17) is 9.47 Å². The number of amides is 1. The molecule has 0 unspecified atom stereocenters. The van der Waals surface area contributed by atoms with Gasteiger partial charge in [0.05, 0.1) is 4.90 Å². The molecule has 0 bridgehead atoms. The third kappa shape index (κ3) is 4.66. The van der Waals surface area contributed by atoms with E-state index < -0.39 is 10.0 Å². The van der Waals surface area contributed by atoms with Gasteiger partial charge >= 0.3 is 0 Å². The molecule has 1 amide bonds. The molecule has 0 aliphatic carbocycles. The Morgan fingerprint density at radius 3 is 2.37 bits per heavy atom. The highest BCUT2D eigenvalue weighted by Crippen LogP contribution is 2.31. The summed E-state index contributed by atoms with van der Waals surface area (Å²) in [6.07, 6.45) is 5.95. The van der Waals surface area contributed by atoms with Crippen LogP contribution in [0.25, 0.3) is 6.08 Å². The van der Waals surface area contributed by atoms with Crippen LogP contribution in [-0.4, -0.2) is 44.9 Å². The Morgan fingerprint density at radius 1 is 0.933 bits per heavy atom. The molecule has 1 saturated heterocycles. The molecule has 158 valence electrons. The molecule has 1 fully saturated rings. The van der Waals surface area contributed by atoms with Gasteiger partial charge in [-0.05, 0) is 60.9 Å². The second kappa shape index (κ2) is 8.89. The zero-order valence-electron chi connectivity index (χ0n) is 16.5. The Balaban J connectivity index is 1.38. The molecule has 0 atom stereocenters. The van der Waals surface area contributed by atoms with Gasteiger partial charge in [-0.25, -0.2) is 8.42 Å². The SMILES string of the molecule is O=C(/C=C/c1ccc2c(c1)OCCO2)Nc1ccc(S(=O)(=O)N2CCCCC2)cc1. The Bertz CT molecular complexity index is 1040. The summed E-state index contributed by atoms with van der Waals surface area (Å²) in [5.41, 5.74) is 1.35. The van der Waals surface area contributed by atoms with Gasteiger partial charge in [0.15, 0.2) is 11.5 Å². The van der Waals surface area contributed by atoms with Crippen molar-refractivity contribution in [3.63, 3.8) is 0 Å². The van der Waals surface area contributed by atoms with Crippen molar-refractivity contribution in [1.82, 2.24) is 4.31 Å². The molecule has 2 aliphatic heterocycles. The summed E-state index contributed by atoms with van der Waals surface area (Å²) in [7, 11) is -3.48. The lowest BCUT2D eigenvalue weighted by atomic mass is 10.2. The summed E-state index contributed by atoms with van der Waals surface area (Å²) in [6.45, 7) is 2.16. The summed E-state index contributed by atoms with van der Waals surface area (Å²) in [5.74, 6) is 1.05. The predicted octanol–water partition coefficient (Wildman–Crippen LogP) is 3.28. The number of nitrogens with zero attached hydrogens (tertiary/aromatic N) is 1. The molecule has 0 radical (unpaired) electrons. The van der Waals surface area contributed by atoms with E-state index in [1.54, 1.807) is 18.2 Å². The zero-order chi connectivity index (χ0) is 21.0. The molecule has 0 aromatic heterocycles. The number of ether oxygens (including phenoxy) is 2. The van der Waals surface area contributed by atoms with Gasteiger partial charge in [0, 0.05) is 24.9 Å². The number of benzene rings is 2. The van der Waals surface area contributed by atoms with Crippen LogP contribution in [0.1, 0.15) is 24.8 Å². The molecule has 4 rings (SSSR count). The Morgan fingerprint density at radius 2 is 1.63 bits per heavy atom. The van der Waals surface area contributed by atoms with E-state index in [9.17, 15) is 13.2 Å². The standard InChI is InChI=1S/C22H24N2O5S/c25-22(11-5-17-4-10-20-21(16-17)29-15-14-28-20)23-18-6-8-19(9-7-18)30(26,27)24-12-2-1-3-13-24/h4-11,16H,1-3,12-15H2,(H,23,25)/b11-5+. The van der Waals surface area contributed by atoms with Gasteiger partial charge in [-0.2, -0.15) is 4.31 Å². The summed E-state index contributed by atoms with van der Waals surface area (Å²) in [4.78, 5) is 12.5. The first-order valence-corrected chi connectivity index (χ1v) is 11.5. The molecule has 0 spiro atoms. The van der Waals surface area contributed by atoms with Crippen molar-refractivity contribution in [1.29, 1.82) is 0 Å². The van der Waals surface area contributed by atoms with E-state index in [1.807, 2.05) is 18.2 Å². The molecule has 30 heavy (non-hydrogen) atoms. The number of sulfonamides is 1. The number of nitrogens with one attached hydrogen (secondary N) is 1. The maximum Gasteiger partial charge on any atom is 0.248 e. The summed E-state index contributed by atoms with van der Waals surface area (Å²) in [6, 6.07) is 11.7. The number of hydrogen-bond donors (Lipinski definition) is 1. The van der Waals surface area contributed by atoms with Gasteiger partial charge in [-0.15, -0.1) is 0 Å². The minimum absolute atomic E-state index is 0.245. The number of fused-ring (bicyclic) bond motifs is 1. The van der Waals surface area contributed by atoms with E-state index in [2.05, 4.69) is 5.32 Å². The van der Waals surface area contributed by atoms with Gasteiger partial charge < -0.3 is 14.8 Å². The van der Waals surface area contributed by atoms with Crippen LogP contribution in [0.2, 0.25) is 0 Å². The molecular formula is C22H24N2O5S. The predicted molar refractivity (Wildman–Crippen MR) is 114 cm³/mol. The highest BCUT2D eigenvalue weighted by atomic mass is 32.2. The first-order valence-electron chi connectivity index (χ1n) is 10.0. The van der Waals surface area contributed by atoms with Crippen molar-refractivity contribution in [3.8, 4) is 11.5 Å². The van der Waals surface area contributed by atoms with Gasteiger partial charge in [-0.3, -0.25) is 4.79 Å². The largest absolute Gasteiger partial charge is 0.486 e. The van der Waals surface area contributed by atoms with Crippen LogP contribution in [-0.2, 0) is 14.8 Å². The second-order valence-electron chi connectivity index (χ2n) is 7.21. The number of rotatable bonds is 5. The van der Waals surface area contributed by atoms with Gasteiger partial charge in [0.25, 0.3) is 0 Å². The van der Waals surface area contributed by atoms with Crippen LogP contribution in [0.3, 0.4) is 0 Å². The monoisotopic (exact) mass is 428 g/mol. The molecule has 8 heteroatoms. The Kier molecular flexibility index (Phi) is 6.06. The van der Waals surface area contributed by atoms with Crippen LogP contribution in [0, 0.1) is 0 Å². The average molecular weight is 429 g/mol. The van der Waals surface area contributed by atoms with E-state index >= 15 is 0 Å². The van der Waals surface area contributed by atoms with Crippen LogP contribution in [0.5, 0.6) is 11.5 Å². The lowest BCUT2D eigenvalue weighted by Gasteiger charge is -2.25. The molecule has 2 aliphatic rings. The first-order chi connectivity index (χ1) is 14.5. The molecule has 0 saturated carbocycles. The maximum atomic E-state index is 12.7. The second-order valence-corrected chi connectivity index (χ2v) is 9.15. The highest BCUT2D eigenvalue weighted by molar-refractivity contribution is 7.89. The van der Waals surface area contributed by atoms with Crippen LogP contribution in [0.4, 0.5) is 5.69 Å². The number of carbonyl (C=O) groups excluding carboxylic acids is 1. The molecule has 2 aromatic rings. The average Bonchev–Trinajstić information content (AvgIpc) is 2.78. The molecule has 2 heterocycles. The summed E-state index contributed by atoms with van der Waals surface area (Å²) >= 11 is 0. The maximum absolute atomic E-state index is 12.7. The number of carbonyl (C=O) groups is 1. The van der Waals surface area contributed by atoms with Crippen LogP contribution < -0.4 is 14.8 Å². The molecule has 2 aromatic carbocycles. The number of hydrogen-bond acceptors (Lipinski definition) is 5. The third-order valence-electron chi connectivity index (χ3n) is 5.07. The third-order valence-corrected chi connectivity index (χ3v) is 6.98. The fourth-order valence-corrected chi connectivity index (χ4v) is 5.00. The fourth-order valence-electron chi connectivity index (χ4n) is 3.48. The van der Waals surface area contributed by atoms with Crippen LogP contribution >= 0.6 is 0 Å². The Labute approximate surface area is 176 Å². The number of anilines is 1. The molecule has 7 nitrogen and oxygen atoms in total. The van der Waals surface area contributed by atoms with E-state index in [0.717, 1.165) is 24.8 Å². The lowest BCUT2D eigenvalue weighted by Crippen LogP contribution is -2.35. The van der Waals surface area contributed by atoms with E-state index in [1.165, 1.54) is 22.5 Å². The smallest absolute Gasteiger partial charge is 0.248 e. The van der Waals surface area contributed by atoms with Crippen molar-refractivity contribution >= 4 is 27.7 Å². The summed E-state index contributed by atoms with van der Waals surface area (Å²) < 4.78 is 37.9. The highest BCUT2D eigenvalue weighted by Gasteiger charge is 2.25. The van der Waals surface area contributed by atoms with Crippen LogP contribution in [0.15, 0.2) is 53.4 Å². The quantitative estimate of drug-likeness (QED) is 0.739.